The van der Waals surface area contributed by atoms with E-state index in [4.69, 9.17) is 4.74 Å². The number of aromatic nitrogens is 1. The summed E-state index contributed by atoms with van der Waals surface area (Å²) in [6.45, 7) is 1.57. The molecule has 32 heavy (non-hydrogen) atoms. The first-order valence-corrected chi connectivity index (χ1v) is 11.1. The summed E-state index contributed by atoms with van der Waals surface area (Å²) in [6.07, 6.45) is 1.92. The van der Waals surface area contributed by atoms with E-state index < -0.39 is 12.2 Å². The van der Waals surface area contributed by atoms with Crippen LogP contribution >= 0.6 is 0 Å². The smallest absolute Gasteiger partial charge is 0.270 e. The third-order valence-corrected chi connectivity index (χ3v) is 6.46. The third kappa shape index (κ3) is 4.24. The molecule has 0 saturated heterocycles. The Hall–Kier alpha value is -3.22. The number of pyridine rings is 1. The van der Waals surface area contributed by atoms with Crippen LogP contribution in [-0.4, -0.2) is 51.7 Å². The molecule has 0 spiro atoms. The predicted molar refractivity (Wildman–Crippen MR) is 121 cm³/mol. The van der Waals surface area contributed by atoms with Crippen molar-refractivity contribution < 1.29 is 14.6 Å². The van der Waals surface area contributed by atoms with Crippen molar-refractivity contribution in [1.82, 2.24) is 15.2 Å². The zero-order valence-corrected chi connectivity index (χ0v) is 17.8. The van der Waals surface area contributed by atoms with Crippen LogP contribution in [0.1, 0.15) is 28.0 Å². The fraction of sp³-hybridized carbons (Fsp3) is 0.308. The lowest BCUT2D eigenvalue weighted by molar-refractivity contribution is 0.00258. The molecule has 1 aliphatic heterocycles. The second-order valence-corrected chi connectivity index (χ2v) is 8.47. The van der Waals surface area contributed by atoms with E-state index in [0.29, 0.717) is 12.1 Å². The summed E-state index contributed by atoms with van der Waals surface area (Å²) >= 11 is 0. The number of aliphatic hydroxyl groups is 1. The average molecular weight is 430 g/mol. The van der Waals surface area contributed by atoms with Crippen molar-refractivity contribution in [3.63, 3.8) is 0 Å². The molecule has 2 aromatic carbocycles. The fourth-order valence-electron chi connectivity index (χ4n) is 4.90. The lowest BCUT2D eigenvalue weighted by Crippen LogP contribution is -2.54. The molecular formula is C26H27N3O3. The molecule has 1 amide bonds. The number of aliphatic hydroxyl groups excluding tert-OH is 1. The zero-order chi connectivity index (χ0) is 21.9. The first-order valence-electron chi connectivity index (χ1n) is 11.1. The predicted octanol–water partition coefficient (Wildman–Crippen LogP) is 2.82. The molecule has 0 unspecified atom stereocenters. The Morgan fingerprint density at radius 1 is 1.00 bits per heavy atom. The van der Waals surface area contributed by atoms with Crippen molar-refractivity contribution in [3.8, 4) is 5.75 Å². The third-order valence-electron chi connectivity index (χ3n) is 6.46. The largest absolute Gasteiger partial charge is 0.488 e. The van der Waals surface area contributed by atoms with Crippen LogP contribution in [0.5, 0.6) is 5.75 Å². The highest BCUT2D eigenvalue weighted by Crippen LogP contribution is 2.32. The fourth-order valence-corrected chi connectivity index (χ4v) is 4.90. The number of para-hydroxylation sites is 1. The second-order valence-electron chi connectivity index (χ2n) is 8.47. The van der Waals surface area contributed by atoms with Crippen molar-refractivity contribution in [3.05, 3.63) is 95.8 Å². The minimum Gasteiger partial charge on any atom is -0.488 e. The Kier molecular flexibility index (Phi) is 5.88. The molecule has 1 saturated carbocycles. The summed E-state index contributed by atoms with van der Waals surface area (Å²) in [5.41, 5.74) is 2.99. The molecule has 0 radical (unpaired) electrons. The van der Waals surface area contributed by atoms with E-state index in [-0.39, 0.29) is 18.0 Å². The van der Waals surface area contributed by atoms with Gasteiger partial charge in [0.2, 0.25) is 0 Å². The molecule has 2 N–H and O–H groups in total. The number of hydrogen-bond donors (Lipinski definition) is 2. The second kappa shape index (κ2) is 9.10. The first-order chi connectivity index (χ1) is 15.7. The van der Waals surface area contributed by atoms with Gasteiger partial charge >= 0.3 is 0 Å². The van der Waals surface area contributed by atoms with E-state index in [1.807, 2.05) is 30.3 Å². The minimum absolute atomic E-state index is 0.231. The van der Waals surface area contributed by atoms with Gasteiger partial charge in [-0.2, -0.15) is 0 Å². The van der Waals surface area contributed by atoms with Gasteiger partial charge in [0.05, 0.1) is 12.1 Å². The van der Waals surface area contributed by atoms with Gasteiger partial charge in [0.25, 0.3) is 5.91 Å². The minimum atomic E-state index is -0.727. The zero-order valence-electron chi connectivity index (χ0n) is 17.8. The summed E-state index contributed by atoms with van der Waals surface area (Å²) in [7, 11) is 0. The van der Waals surface area contributed by atoms with Crippen LogP contribution in [0.4, 0.5) is 0 Å². The molecule has 4 atom stereocenters. The van der Waals surface area contributed by atoms with Crippen molar-refractivity contribution >= 4 is 5.91 Å². The number of nitrogens with one attached hydrogen (secondary N) is 1. The van der Waals surface area contributed by atoms with E-state index in [1.54, 1.807) is 24.4 Å². The molecular weight excluding hydrogens is 402 g/mol. The van der Waals surface area contributed by atoms with Crippen LogP contribution in [0.15, 0.2) is 79.0 Å². The molecule has 3 aromatic rings. The van der Waals surface area contributed by atoms with E-state index in [1.165, 1.54) is 11.1 Å². The van der Waals surface area contributed by atoms with Gasteiger partial charge in [-0.3, -0.25) is 14.7 Å². The molecule has 164 valence electrons. The number of nitrogens with zero attached hydrogens (tertiary/aromatic N) is 2. The molecule has 1 fully saturated rings. The van der Waals surface area contributed by atoms with Gasteiger partial charge in [-0.05, 0) is 41.8 Å². The Labute approximate surface area is 187 Å². The van der Waals surface area contributed by atoms with E-state index in [0.717, 1.165) is 25.3 Å². The number of benzene rings is 2. The maximum absolute atomic E-state index is 12.9. The van der Waals surface area contributed by atoms with Crippen LogP contribution in [0, 0.1) is 0 Å². The van der Waals surface area contributed by atoms with Crippen molar-refractivity contribution in [2.75, 3.05) is 6.54 Å². The lowest BCUT2D eigenvalue weighted by atomic mass is 9.97. The van der Waals surface area contributed by atoms with Crippen LogP contribution < -0.4 is 10.1 Å². The summed E-state index contributed by atoms with van der Waals surface area (Å²) in [5, 5.41) is 14.5. The number of hydrogen-bond acceptors (Lipinski definition) is 5. The van der Waals surface area contributed by atoms with Gasteiger partial charge in [0.15, 0.2) is 0 Å². The van der Waals surface area contributed by atoms with Gasteiger partial charge in [-0.15, -0.1) is 0 Å². The van der Waals surface area contributed by atoms with Crippen molar-refractivity contribution in [1.29, 1.82) is 0 Å². The van der Waals surface area contributed by atoms with E-state index >= 15 is 0 Å². The highest BCUT2D eigenvalue weighted by atomic mass is 16.5. The Balaban J connectivity index is 1.39. The number of rotatable bonds is 5. The SMILES string of the molecule is O=C(N[C@@H]1C[C@@H](Oc2ccccc2)[C@H](O)[C@H]1N1CCc2ccccc2C1)c1ccccn1. The molecule has 2 aliphatic rings. The number of ether oxygens (including phenoxy) is 1. The Morgan fingerprint density at radius 2 is 1.75 bits per heavy atom. The highest BCUT2D eigenvalue weighted by molar-refractivity contribution is 5.92. The van der Waals surface area contributed by atoms with Crippen LogP contribution in [0.2, 0.25) is 0 Å². The molecule has 6 heteroatoms. The Morgan fingerprint density at radius 3 is 2.53 bits per heavy atom. The molecule has 2 heterocycles. The van der Waals surface area contributed by atoms with E-state index in [9.17, 15) is 9.90 Å². The summed E-state index contributed by atoms with van der Waals surface area (Å²) in [4.78, 5) is 19.3. The summed E-state index contributed by atoms with van der Waals surface area (Å²) in [5.74, 6) is 0.488. The number of fused-ring (bicyclic) bond motifs is 1. The highest BCUT2D eigenvalue weighted by Gasteiger charge is 2.48. The summed E-state index contributed by atoms with van der Waals surface area (Å²) in [6, 6.07) is 22.7. The molecule has 5 rings (SSSR count). The topological polar surface area (TPSA) is 74.7 Å². The van der Waals surface area contributed by atoms with Crippen LogP contribution in [0.3, 0.4) is 0 Å². The standard InChI is InChI=1S/C26H27N3O3/c30-25-23(32-20-10-2-1-3-11-20)16-22(28-26(31)21-12-6-7-14-27-21)24(25)29-15-13-18-8-4-5-9-19(18)17-29/h1-12,14,22-25,30H,13,15-17H2,(H,28,31)/t22-,23-,24+,25+/m1/s1. The monoisotopic (exact) mass is 429 g/mol. The van der Waals surface area contributed by atoms with Crippen molar-refractivity contribution in [2.24, 2.45) is 0 Å². The maximum atomic E-state index is 12.9. The first kappa shape index (κ1) is 20.7. The maximum Gasteiger partial charge on any atom is 0.270 e. The van der Waals surface area contributed by atoms with E-state index in [2.05, 4.69) is 39.5 Å². The quantitative estimate of drug-likeness (QED) is 0.653. The molecule has 6 nitrogen and oxygen atoms in total. The molecule has 1 aliphatic carbocycles. The van der Waals surface area contributed by atoms with Gasteiger partial charge in [-0.1, -0.05) is 48.5 Å². The summed E-state index contributed by atoms with van der Waals surface area (Å²) < 4.78 is 6.15. The normalized spacial score (nSPS) is 25.2. The van der Waals surface area contributed by atoms with Gasteiger partial charge in [-0.25, -0.2) is 0 Å². The lowest BCUT2D eigenvalue weighted by Gasteiger charge is -2.38. The van der Waals surface area contributed by atoms with Crippen molar-refractivity contribution in [2.45, 2.75) is 43.7 Å². The average Bonchev–Trinajstić information content (AvgIpc) is 3.14. The van der Waals surface area contributed by atoms with Gasteiger partial charge in [0, 0.05) is 25.7 Å². The number of amides is 1. The number of carbonyl (C=O) groups excluding carboxylic acids is 1. The molecule has 0 bridgehead atoms. The van der Waals surface area contributed by atoms with Gasteiger partial charge in [0.1, 0.15) is 23.7 Å². The molecule has 1 aromatic heterocycles. The van der Waals surface area contributed by atoms with Crippen LogP contribution in [-0.2, 0) is 13.0 Å². The Bertz CT molecular complexity index is 1060. The van der Waals surface area contributed by atoms with Gasteiger partial charge < -0.3 is 15.2 Å². The van der Waals surface area contributed by atoms with Crippen LogP contribution in [0.25, 0.3) is 0 Å². The number of carbonyl (C=O) groups is 1.